The van der Waals surface area contributed by atoms with E-state index >= 15 is 0 Å². The smallest absolute Gasteiger partial charge is 0.0708 e. The number of halogens is 1. The van der Waals surface area contributed by atoms with Gasteiger partial charge in [-0.3, -0.25) is 0 Å². The van der Waals surface area contributed by atoms with Crippen molar-refractivity contribution in [3.8, 4) is 6.07 Å². The first-order chi connectivity index (χ1) is 3.68. The second-order valence-corrected chi connectivity index (χ2v) is 2.20. The zero-order chi connectivity index (χ0) is 6.57. The maximum atomic E-state index is 8.12. The molecule has 2 heteroatoms. The van der Waals surface area contributed by atoms with Gasteiger partial charge in [-0.25, -0.2) is 0 Å². The second-order valence-electron chi connectivity index (χ2n) is 1.74. The standard InChI is InChI=1S/C6H8ClN/c1-5(2)6(7)3-4-8/h3H2,1-2H3. The van der Waals surface area contributed by atoms with Gasteiger partial charge in [0.05, 0.1) is 12.5 Å². The first-order valence-corrected chi connectivity index (χ1v) is 2.75. The molecule has 0 aliphatic heterocycles. The molecule has 0 saturated carbocycles. The molecule has 0 aromatic heterocycles. The van der Waals surface area contributed by atoms with Gasteiger partial charge in [-0.2, -0.15) is 5.26 Å². The van der Waals surface area contributed by atoms with Crippen LogP contribution in [0.2, 0.25) is 0 Å². The summed E-state index contributed by atoms with van der Waals surface area (Å²) in [4.78, 5) is 0. The lowest BCUT2D eigenvalue weighted by molar-refractivity contribution is 1.24. The summed E-state index contributed by atoms with van der Waals surface area (Å²) in [6.45, 7) is 3.78. The molecule has 0 bridgehead atoms. The molecule has 0 unspecified atom stereocenters. The number of rotatable bonds is 1. The Balaban J connectivity index is 3.85. The average molecular weight is 130 g/mol. The van der Waals surface area contributed by atoms with Crippen LogP contribution in [-0.2, 0) is 0 Å². The number of hydrogen-bond acceptors (Lipinski definition) is 1. The van der Waals surface area contributed by atoms with E-state index in [0.29, 0.717) is 11.5 Å². The van der Waals surface area contributed by atoms with Crippen molar-refractivity contribution in [2.45, 2.75) is 20.3 Å². The highest BCUT2D eigenvalue weighted by Crippen LogP contribution is 2.10. The van der Waals surface area contributed by atoms with Gasteiger partial charge < -0.3 is 0 Å². The maximum Gasteiger partial charge on any atom is 0.0708 e. The molecular formula is C6H8ClN. The average Bonchev–Trinajstić information content (AvgIpc) is 1.67. The van der Waals surface area contributed by atoms with Gasteiger partial charge in [0, 0.05) is 5.03 Å². The van der Waals surface area contributed by atoms with Gasteiger partial charge in [0.2, 0.25) is 0 Å². The topological polar surface area (TPSA) is 23.8 Å². The molecule has 0 heterocycles. The quantitative estimate of drug-likeness (QED) is 0.534. The molecule has 0 fully saturated rings. The Morgan fingerprint density at radius 1 is 1.62 bits per heavy atom. The molecule has 0 aromatic carbocycles. The van der Waals surface area contributed by atoms with Gasteiger partial charge in [-0.05, 0) is 13.8 Å². The first-order valence-electron chi connectivity index (χ1n) is 2.37. The molecule has 1 nitrogen and oxygen atoms in total. The highest BCUT2D eigenvalue weighted by molar-refractivity contribution is 6.30. The summed E-state index contributed by atoms with van der Waals surface area (Å²) in [5, 5.41) is 8.78. The van der Waals surface area contributed by atoms with Gasteiger partial charge in [0.25, 0.3) is 0 Å². The Labute approximate surface area is 54.6 Å². The van der Waals surface area contributed by atoms with Gasteiger partial charge in [0.15, 0.2) is 0 Å². The van der Waals surface area contributed by atoms with Crippen LogP contribution in [0.15, 0.2) is 10.6 Å². The van der Waals surface area contributed by atoms with Crippen molar-refractivity contribution in [1.29, 1.82) is 5.26 Å². The Morgan fingerprint density at radius 2 is 2.12 bits per heavy atom. The van der Waals surface area contributed by atoms with E-state index < -0.39 is 0 Å². The van der Waals surface area contributed by atoms with Gasteiger partial charge in [0.1, 0.15) is 0 Å². The Kier molecular flexibility index (Phi) is 3.30. The predicted molar refractivity (Wildman–Crippen MR) is 34.5 cm³/mol. The third-order valence-electron chi connectivity index (χ3n) is 0.777. The number of hydrogen-bond donors (Lipinski definition) is 0. The second kappa shape index (κ2) is 3.51. The van der Waals surface area contributed by atoms with Crippen LogP contribution in [0.1, 0.15) is 20.3 Å². The molecule has 0 saturated heterocycles. The largest absolute Gasteiger partial charge is 0.198 e. The fourth-order valence-electron chi connectivity index (χ4n) is 0.246. The highest BCUT2D eigenvalue weighted by atomic mass is 35.5. The van der Waals surface area contributed by atoms with E-state index in [9.17, 15) is 0 Å². The molecule has 0 N–H and O–H groups in total. The summed E-state index contributed by atoms with van der Waals surface area (Å²) in [6.07, 6.45) is 0.337. The number of allylic oxidation sites excluding steroid dienone is 2. The van der Waals surface area contributed by atoms with E-state index in [1.54, 1.807) is 0 Å². The van der Waals surface area contributed by atoms with E-state index in [-0.39, 0.29) is 0 Å². The molecule has 8 heavy (non-hydrogen) atoms. The van der Waals surface area contributed by atoms with Crippen LogP contribution in [0.3, 0.4) is 0 Å². The third kappa shape index (κ3) is 2.65. The zero-order valence-corrected chi connectivity index (χ0v) is 5.79. The fraction of sp³-hybridized carbons (Fsp3) is 0.500. The van der Waals surface area contributed by atoms with Crippen LogP contribution in [0.25, 0.3) is 0 Å². The number of nitrogens with zero attached hydrogens (tertiary/aromatic N) is 1. The lowest BCUT2D eigenvalue weighted by atomic mass is 10.3. The molecular weight excluding hydrogens is 122 g/mol. The SMILES string of the molecule is CC(C)=C(Cl)CC#N. The molecule has 0 aliphatic carbocycles. The van der Waals surface area contributed by atoms with Crippen molar-refractivity contribution in [2.24, 2.45) is 0 Å². The molecule has 0 aliphatic rings. The molecule has 0 rings (SSSR count). The van der Waals surface area contributed by atoms with Crippen molar-refractivity contribution in [2.75, 3.05) is 0 Å². The zero-order valence-electron chi connectivity index (χ0n) is 5.03. The van der Waals surface area contributed by atoms with Crippen molar-refractivity contribution in [3.63, 3.8) is 0 Å². The van der Waals surface area contributed by atoms with Crippen LogP contribution in [-0.4, -0.2) is 0 Å². The summed E-state index contributed by atoms with van der Waals surface area (Å²) in [6, 6.07) is 1.96. The van der Waals surface area contributed by atoms with Crippen molar-refractivity contribution in [3.05, 3.63) is 10.6 Å². The van der Waals surface area contributed by atoms with Gasteiger partial charge in [-0.1, -0.05) is 17.2 Å². The minimum absolute atomic E-state index is 0.337. The minimum atomic E-state index is 0.337. The van der Waals surface area contributed by atoms with E-state index in [2.05, 4.69) is 0 Å². The first kappa shape index (κ1) is 7.52. The summed E-state index contributed by atoms with van der Waals surface area (Å²) in [5.41, 5.74) is 1.02. The normalized spacial score (nSPS) is 7.75. The van der Waals surface area contributed by atoms with Crippen LogP contribution < -0.4 is 0 Å². The molecule has 0 aromatic rings. The molecule has 0 spiro atoms. The Hall–Kier alpha value is -0.480. The van der Waals surface area contributed by atoms with Crippen molar-refractivity contribution >= 4 is 11.6 Å². The minimum Gasteiger partial charge on any atom is -0.198 e. The van der Waals surface area contributed by atoms with Crippen LogP contribution in [0, 0.1) is 11.3 Å². The van der Waals surface area contributed by atoms with Crippen molar-refractivity contribution in [1.82, 2.24) is 0 Å². The van der Waals surface area contributed by atoms with E-state index in [1.165, 1.54) is 0 Å². The Morgan fingerprint density at radius 3 is 2.25 bits per heavy atom. The maximum absolute atomic E-state index is 8.12. The summed E-state index contributed by atoms with van der Waals surface area (Å²) < 4.78 is 0. The van der Waals surface area contributed by atoms with Crippen molar-refractivity contribution < 1.29 is 0 Å². The van der Waals surface area contributed by atoms with E-state index in [1.807, 2.05) is 19.9 Å². The monoisotopic (exact) mass is 129 g/mol. The molecule has 0 radical (unpaired) electrons. The van der Waals surface area contributed by atoms with Crippen LogP contribution in [0.5, 0.6) is 0 Å². The van der Waals surface area contributed by atoms with Gasteiger partial charge in [-0.15, -0.1) is 0 Å². The van der Waals surface area contributed by atoms with Gasteiger partial charge >= 0.3 is 0 Å². The van der Waals surface area contributed by atoms with E-state index in [4.69, 9.17) is 16.9 Å². The highest BCUT2D eigenvalue weighted by Gasteiger charge is 1.90. The number of nitriles is 1. The summed E-state index contributed by atoms with van der Waals surface area (Å²) >= 11 is 5.57. The Bertz CT molecular complexity index is 137. The molecule has 44 valence electrons. The van der Waals surface area contributed by atoms with E-state index in [0.717, 1.165) is 5.57 Å². The van der Waals surface area contributed by atoms with Crippen LogP contribution >= 0.6 is 11.6 Å². The summed E-state index contributed by atoms with van der Waals surface area (Å²) in [7, 11) is 0. The third-order valence-corrected chi connectivity index (χ3v) is 1.29. The molecule has 0 amide bonds. The molecule has 0 atom stereocenters. The lowest BCUT2D eigenvalue weighted by Crippen LogP contribution is -1.72. The fourth-order valence-corrected chi connectivity index (χ4v) is 0.306. The predicted octanol–water partition coefficient (Wildman–Crippen LogP) is 2.43. The van der Waals surface area contributed by atoms with Crippen LogP contribution in [0.4, 0.5) is 0 Å². The summed E-state index contributed by atoms with van der Waals surface area (Å²) in [5.74, 6) is 0. The lowest BCUT2D eigenvalue weighted by Gasteiger charge is -1.90.